The maximum atomic E-state index is 12.9. The van der Waals surface area contributed by atoms with E-state index in [2.05, 4.69) is 52.2 Å². The first kappa shape index (κ1) is 29.0. The fourth-order valence-electron chi connectivity index (χ4n) is 7.95. The third-order valence-electron chi connectivity index (χ3n) is 10.6. The standard InChI is InChI=1S/C32H33F3N6O2S/c1-18-11-30(29(42)43)15-31(18,30)16-41-22(13-36)9-24-19(2)20(3-4-26(24)41)14-40-7-5-21(6-8-40)39-27-25-10-23(12-32(33,34)35)44-28(25)38-17-37-27/h3-4,9-10,17-18,21H,5-8,11-12,14-16H2,1-2H3,(H,42,43)(H,37,38,39)/t18-,30?,31?/m0/s1. The highest BCUT2D eigenvalue weighted by Crippen LogP contribution is 2.81. The van der Waals surface area contributed by atoms with E-state index in [-0.39, 0.29) is 16.3 Å². The summed E-state index contributed by atoms with van der Waals surface area (Å²) in [6.45, 7) is 7.25. The summed E-state index contributed by atoms with van der Waals surface area (Å²) in [5, 5.41) is 25.0. The van der Waals surface area contributed by atoms with E-state index in [0.29, 0.717) is 47.0 Å². The molecule has 3 aliphatic rings. The topological polar surface area (TPSA) is 107 Å². The first-order valence-electron chi connectivity index (χ1n) is 15.0. The summed E-state index contributed by atoms with van der Waals surface area (Å²) >= 11 is 1.06. The number of hydrogen-bond acceptors (Lipinski definition) is 7. The minimum absolute atomic E-state index is 0.153. The van der Waals surface area contributed by atoms with E-state index in [1.54, 1.807) is 6.07 Å². The van der Waals surface area contributed by atoms with Gasteiger partial charge in [-0.2, -0.15) is 18.4 Å². The van der Waals surface area contributed by atoms with Crippen molar-refractivity contribution >= 4 is 44.2 Å². The van der Waals surface area contributed by atoms with Gasteiger partial charge in [-0.25, -0.2) is 9.97 Å². The molecule has 7 rings (SSSR count). The second-order valence-electron chi connectivity index (χ2n) is 13.0. The smallest absolute Gasteiger partial charge is 0.393 e. The quantitative estimate of drug-likeness (QED) is 0.231. The molecule has 1 aromatic carbocycles. The number of fused-ring (bicyclic) bond motifs is 3. The SMILES string of the molecule is Cc1c(CN2CCC(Nc3ncnc4sc(CC(F)(F)F)cc34)CC2)ccc2c1cc(C#N)n2CC12CC1(C(=O)O)C[C@@H]2C. The summed E-state index contributed by atoms with van der Waals surface area (Å²) in [5.41, 5.74) is 2.97. The van der Waals surface area contributed by atoms with Gasteiger partial charge in [0, 0.05) is 53.4 Å². The Morgan fingerprint density at radius 3 is 2.66 bits per heavy atom. The third kappa shape index (κ3) is 4.63. The highest BCUT2D eigenvalue weighted by Gasteiger charge is 2.81. The normalized spacial score (nSPS) is 25.5. The third-order valence-corrected chi connectivity index (χ3v) is 11.6. The maximum absolute atomic E-state index is 12.9. The number of hydrogen-bond donors (Lipinski definition) is 2. The fraction of sp³-hybridized carbons (Fsp3) is 0.500. The number of carbonyl (C=O) groups is 1. The minimum atomic E-state index is -4.26. The van der Waals surface area contributed by atoms with Gasteiger partial charge >= 0.3 is 12.1 Å². The van der Waals surface area contributed by atoms with Crippen molar-refractivity contribution in [2.24, 2.45) is 16.7 Å². The molecule has 1 saturated heterocycles. The lowest BCUT2D eigenvalue weighted by atomic mass is 9.65. The number of thiophene rings is 1. The molecule has 44 heavy (non-hydrogen) atoms. The highest BCUT2D eigenvalue weighted by atomic mass is 32.1. The average Bonchev–Trinajstić information content (AvgIpc) is 3.21. The van der Waals surface area contributed by atoms with Gasteiger partial charge in [0.1, 0.15) is 28.7 Å². The maximum Gasteiger partial charge on any atom is 0.393 e. The van der Waals surface area contributed by atoms with Gasteiger partial charge in [0.25, 0.3) is 0 Å². The Hall–Kier alpha value is -3.69. The molecular weight excluding hydrogens is 589 g/mol. The van der Waals surface area contributed by atoms with E-state index in [1.807, 2.05) is 10.6 Å². The summed E-state index contributed by atoms with van der Waals surface area (Å²) in [6, 6.07) is 10.2. The number of aromatic nitrogens is 3. The number of nitrogens with zero attached hydrogens (tertiary/aromatic N) is 5. The van der Waals surface area contributed by atoms with Crippen LogP contribution < -0.4 is 5.32 Å². The molecule has 12 heteroatoms. The molecule has 4 aromatic rings. The Morgan fingerprint density at radius 2 is 2.00 bits per heavy atom. The molecule has 2 unspecified atom stereocenters. The predicted molar refractivity (Wildman–Crippen MR) is 161 cm³/mol. The molecule has 4 heterocycles. The van der Waals surface area contributed by atoms with Gasteiger partial charge < -0.3 is 15.0 Å². The first-order valence-corrected chi connectivity index (χ1v) is 15.8. The molecule has 8 nitrogen and oxygen atoms in total. The number of aliphatic carboxylic acids is 1. The van der Waals surface area contributed by atoms with Gasteiger partial charge in [-0.3, -0.25) is 9.69 Å². The van der Waals surface area contributed by atoms with Crippen molar-refractivity contribution in [3.63, 3.8) is 0 Å². The Balaban J connectivity index is 1.03. The lowest BCUT2D eigenvalue weighted by molar-refractivity contribution is -0.152. The molecule has 2 saturated carbocycles. The molecule has 2 N–H and O–H groups in total. The van der Waals surface area contributed by atoms with Crippen LogP contribution in [-0.2, 0) is 24.3 Å². The zero-order valence-electron chi connectivity index (χ0n) is 24.5. The van der Waals surface area contributed by atoms with E-state index >= 15 is 0 Å². The van der Waals surface area contributed by atoms with Crippen LogP contribution in [0.15, 0.2) is 30.6 Å². The van der Waals surface area contributed by atoms with Gasteiger partial charge in [0.15, 0.2) is 0 Å². The molecule has 0 bridgehead atoms. The lowest BCUT2D eigenvalue weighted by Gasteiger charge is -2.40. The number of rotatable bonds is 8. The van der Waals surface area contributed by atoms with E-state index in [1.165, 1.54) is 11.9 Å². The summed E-state index contributed by atoms with van der Waals surface area (Å²) in [6.07, 6.45) is -0.710. The Labute approximate surface area is 256 Å². The predicted octanol–water partition coefficient (Wildman–Crippen LogP) is 6.51. The molecule has 3 atom stereocenters. The molecule has 3 aromatic heterocycles. The number of alkyl halides is 3. The number of piperidine rings is 1. The van der Waals surface area contributed by atoms with Crippen molar-refractivity contribution in [3.8, 4) is 6.07 Å². The number of aryl methyl sites for hydroxylation is 1. The van der Waals surface area contributed by atoms with Crippen molar-refractivity contribution in [2.45, 2.75) is 71.3 Å². The van der Waals surface area contributed by atoms with E-state index in [0.717, 1.165) is 60.3 Å². The molecule has 0 spiro atoms. The molecular formula is C32H33F3N6O2S. The Bertz CT molecular complexity index is 1840. The van der Waals surface area contributed by atoms with Crippen LogP contribution in [0.5, 0.6) is 0 Å². The van der Waals surface area contributed by atoms with Gasteiger partial charge in [0.2, 0.25) is 0 Å². The second-order valence-corrected chi connectivity index (χ2v) is 14.1. The van der Waals surface area contributed by atoms with E-state index in [9.17, 15) is 28.3 Å². The van der Waals surface area contributed by atoms with Crippen LogP contribution in [0.4, 0.5) is 19.0 Å². The van der Waals surface area contributed by atoms with Crippen LogP contribution in [0, 0.1) is 35.0 Å². The number of likely N-dealkylation sites (tertiary alicyclic amines) is 1. The van der Waals surface area contributed by atoms with Gasteiger partial charge in [0.05, 0.1) is 17.2 Å². The lowest BCUT2D eigenvalue weighted by Crippen LogP contribution is -2.42. The van der Waals surface area contributed by atoms with Crippen molar-refractivity contribution in [1.82, 2.24) is 19.4 Å². The van der Waals surface area contributed by atoms with Crippen molar-refractivity contribution in [3.05, 3.63) is 52.3 Å². The van der Waals surface area contributed by atoms with Gasteiger partial charge in [-0.1, -0.05) is 13.0 Å². The van der Waals surface area contributed by atoms with Crippen molar-refractivity contribution in [2.75, 3.05) is 18.4 Å². The van der Waals surface area contributed by atoms with Gasteiger partial charge in [-0.15, -0.1) is 11.3 Å². The second kappa shape index (κ2) is 10.2. The minimum Gasteiger partial charge on any atom is -0.481 e. The number of benzene rings is 1. The van der Waals surface area contributed by atoms with Crippen LogP contribution in [0.3, 0.4) is 0 Å². The Kier molecular flexibility index (Phi) is 6.71. The number of nitriles is 1. The van der Waals surface area contributed by atoms with Crippen LogP contribution in [0.25, 0.3) is 21.1 Å². The first-order chi connectivity index (χ1) is 20.9. The summed E-state index contributed by atoms with van der Waals surface area (Å²) in [4.78, 5) is 23.7. The van der Waals surface area contributed by atoms with Crippen LogP contribution >= 0.6 is 11.3 Å². The van der Waals surface area contributed by atoms with E-state index < -0.39 is 24.0 Å². The van der Waals surface area contributed by atoms with Crippen LogP contribution in [0.1, 0.15) is 54.3 Å². The molecule has 230 valence electrons. The number of carboxylic acid groups (broad SMARTS) is 1. The molecule has 3 fully saturated rings. The average molecular weight is 623 g/mol. The number of anilines is 1. The number of carboxylic acids is 1. The number of halogens is 3. The van der Waals surface area contributed by atoms with Crippen molar-refractivity contribution in [1.29, 1.82) is 5.26 Å². The largest absolute Gasteiger partial charge is 0.481 e. The van der Waals surface area contributed by atoms with Crippen LogP contribution in [0.2, 0.25) is 0 Å². The zero-order chi connectivity index (χ0) is 31.0. The van der Waals surface area contributed by atoms with Gasteiger partial charge in [-0.05, 0) is 67.9 Å². The summed E-state index contributed by atoms with van der Waals surface area (Å²) in [5.74, 6) is 0.188. The number of nitrogens with one attached hydrogen (secondary N) is 1. The summed E-state index contributed by atoms with van der Waals surface area (Å²) in [7, 11) is 0. The van der Waals surface area contributed by atoms with Crippen LogP contribution in [-0.4, -0.2) is 55.8 Å². The molecule has 0 amide bonds. The molecule has 0 radical (unpaired) electrons. The molecule has 2 aliphatic carbocycles. The zero-order valence-corrected chi connectivity index (χ0v) is 25.4. The Morgan fingerprint density at radius 1 is 1.23 bits per heavy atom. The van der Waals surface area contributed by atoms with Crippen molar-refractivity contribution < 1.29 is 23.1 Å². The fourth-order valence-corrected chi connectivity index (χ4v) is 8.98. The highest BCUT2D eigenvalue weighted by molar-refractivity contribution is 7.18. The monoisotopic (exact) mass is 622 g/mol. The summed E-state index contributed by atoms with van der Waals surface area (Å²) < 4.78 is 40.8. The van der Waals surface area contributed by atoms with E-state index in [4.69, 9.17) is 0 Å². The molecule has 1 aliphatic heterocycles.